The summed E-state index contributed by atoms with van der Waals surface area (Å²) in [6.07, 6.45) is 3.75. The molecule has 0 amide bonds. The molecular formula is C14H18O. The summed E-state index contributed by atoms with van der Waals surface area (Å²) in [5.74, 6) is 1.50. The number of fused-ring (bicyclic) bond motifs is 1. The Morgan fingerprint density at radius 1 is 1.20 bits per heavy atom. The van der Waals surface area contributed by atoms with Gasteiger partial charge in [-0.25, -0.2) is 0 Å². The van der Waals surface area contributed by atoms with E-state index in [1.54, 1.807) is 11.1 Å². The molecular weight excluding hydrogens is 184 g/mol. The van der Waals surface area contributed by atoms with E-state index in [9.17, 15) is 0 Å². The maximum Gasteiger partial charge on any atom is 0.0535 e. The molecule has 1 aliphatic carbocycles. The van der Waals surface area contributed by atoms with E-state index < -0.39 is 0 Å². The van der Waals surface area contributed by atoms with Gasteiger partial charge in [-0.15, -0.1) is 0 Å². The summed E-state index contributed by atoms with van der Waals surface area (Å²) in [4.78, 5) is 0. The van der Waals surface area contributed by atoms with Gasteiger partial charge in [0.15, 0.2) is 0 Å². The lowest BCUT2D eigenvalue weighted by Gasteiger charge is -2.09. The first-order chi connectivity index (χ1) is 7.33. The van der Waals surface area contributed by atoms with Crippen molar-refractivity contribution in [2.75, 3.05) is 13.2 Å². The van der Waals surface area contributed by atoms with Crippen molar-refractivity contribution in [2.45, 2.75) is 32.1 Å². The predicted molar refractivity (Wildman–Crippen MR) is 61.2 cm³/mol. The van der Waals surface area contributed by atoms with E-state index in [1.165, 1.54) is 24.8 Å². The molecule has 0 radical (unpaired) electrons. The molecule has 0 aromatic heterocycles. The van der Waals surface area contributed by atoms with Gasteiger partial charge in [-0.2, -0.15) is 0 Å². The van der Waals surface area contributed by atoms with Crippen LogP contribution >= 0.6 is 0 Å². The van der Waals surface area contributed by atoms with Gasteiger partial charge in [-0.05, 0) is 41.9 Å². The molecule has 0 spiro atoms. The van der Waals surface area contributed by atoms with Crippen molar-refractivity contribution in [1.82, 2.24) is 0 Å². The molecule has 1 aliphatic heterocycles. The number of rotatable bonds is 1. The Morgan fingerprint density at radius 3 is 2.87 bits per heavy atom. The van der Waals surface area contributed by atoms with Crippen LogP contribution in [0.3, 0.4) is 0 Å². The monoisotopic (exact) mass is 202 g/mol. The molecule has 1 heterocycles. The molecule has 1 saturated heterocycles. The quantitative estimate of drug-likeness (QED) is 0.680. The van der Waals surface area contributed by atoms with Crippen LogP contribution in [0.4, 0.5) is 0 Å². The second-order valence-electron chi connectivity index (χ2n) is 5.10. The zero-order valence-electron chi connectivity index (χ0n) is 9.33. The molecule has 0 N–H and O–H groups in total. The van der Waals surface area contributed by atoms with Crippen LogP contribution in [0, 0.1) is 5.92 Å². The molecule has 1 aromatic rings. The summed E-state index contributed by atoms with van der Waals surface area (Å²) in [6.45, 7) is 4.21. The van der Waals surface area contributed by atoms with Crippen molar-refractivity contribution in [2.24, 2.45) is 5.92 Å². The third-order valence-electron chi connectivity index (χ3n) is 3.77. The van der Waals surface area contributed by atoms with Crippen molar-refractivity contribution in [3.63, 3.8) is 0 Å². The highest BCUT2D eigenvalue weighted by atomic mass is 16.5. The minimum absolute atomic E-state index is 0.659. The second kappa shape index (κ2) is 3.64. The molecule has 0 bridgehead atoms. The third-order valence-corrected chi connectivity index (χ3v) is 3.77. The fraction of sp³-hybridized carbons (Fsp3) is 0.571. The Balaban J connectivity index is 1.89. The SMILES string of the molecule is CC1Cc2ccc(C3CCOC3)cc2C1. The molecule has 1 nitrogen and oxygen atoms in total. The number of hydrogen-bond acceptors (Lipinski definition) is 1. The van der Waals surface area contributed by atoms with Crippen LogP contribution in [-0.2, 0) is 17.6 Å². The second-order valence-corrected chi connectivity index (χ2v) is 5.10. The van der Waals surface area contributed by atoms with E-state index in [4.69, 9.17) is 4.74 Å². The normalized spacial score (nSPS) is 29.4. The van der Waals surface area contributed by atoms with Crippen molar-refractivity contribution >= 4 is 0 Å². The topological polar surface area (TPSA) is 9.23 Å². The van der Waals surface area contributed by atoms with E-state index in [0.717, 1.165) is 19.1 Å². The van der Waals surface area contributed by atoms with Gasteiger partial charge in [0.2, 0.25) is 0 Å². The first-order valence-electron chi connectivity index (χ1n) is 6.02. The van der Waals surface area contributed by atoms with Crippen molar-refractivity contribution in [3.05, 3.63) is 34.9 Å². The Kier molecular flexibility index (Phi) is 2.28. The summed E-state index contributed by atoms with van der Waals surface area (Å²) in [5, 5.41) is 0. The largest absolute Gasteiger partial charge is 0.381 e. The van der Waals surface area contributed by atoms with E-state index >= 15 is 0 Å². The first-order valence-corrected chi connectivity index (χ1v) is 6.02. The molecule has 0 saturated carbocycles. The van der Waals surface area contributed by atoms with Crippen LogP contribution in [0.15, 0.2) is 18.2 Å². The Hall–Kier alpha value is -0.820. The highest BCUT2D eigenvalue weighted by Gasteiger charge is 2.22. The summed E-state index contributed by atoms with van der Waals surface area (Å²) < 4.78 is 5.45. The van der Waals surface area contributed by atoms with Crippen molar-refractivity contribution in [1.29, 1.82) is 0 Å². The fourth-order valence-corrected chi connectivity index (χ4v) is 2.91. The van der Waals surface area contributed by atoms with Crippen LogP contribution in [0.2, 0.25) is 0 Å². The average Bonchev–Trinajstić information content (AvgIpc) is 2.82. The number of hydrogen-bond donors (Lipinski definition) is 0. The van der Waals surface area contributed by atoms with Crippen LogP contribution in [0.1, 0.15) is 36.0 Å². The molecule has 15 heavy (non-hydrogen) atoms. The maximum absolute atomic E-state index is 5.45. The summed E-state index contributed by atoms with van der Waals surface area (Å²) in [5.41, 5.74) is 4.66. The molecule has 1 aromatic carbocycles. The van der Waals surface area contributed by atoms with Crippen molar-refractivity contribution < 1.29 is 4.74 Å². The van der Waals surface area contributed by atoms with Crippen LogP contribution in [0.5, 0.6) is 0 Å². The van der Waals surface area contributed by atoms with E-state index in [-0.39, 0.29) is 0 Å². The van der Waals surface area contributed by atoms with Gasteiger partial charge in [0.05, 0.1) is 6.61 Å². The van der Waals surface area contributed by atoms with Gasteiger partial charge in [0, 0.05) is 12.5 Å². The lowest BCUT2D eigenvalue weighted by Crippen LogP contribution is -1.98. The van der Waals surface area contributed by atoms with E-state index in [0.29, 0.717) is 5.92 Å². The van der Waals surface area contributed by atoms with Gasteiger partial charge in [0.25, 0.3) is 0 Å². The zero-order valence-corrected chi connectivity index (χ0v) is 9.33. The zero-order chi connectivity index (χ0) is 10.3. The highest BCUT2D eigenvalue weighted by molar-refractivity contribution is 5.37. The standard InChI is InChI=1S/C14H18O/c1-10-6-11-2-3-12(8-14(11)7-10)13-4-5-15-9-13/h2-3,8,10,13H,4-7,9H2,1H3. The van der Waals surface area contributed by atoms with E-state index in [1.807, 2.05) is 0 Å². The van der Waals surface area contributed by atoms with Crippen LogP contribution in [0.25, 0.3) is 0 Å². The molecule has 2 unspecified atom stereocenters. The molecule has 2 aliphatic rings. The summed E-state index contributed by atoms with van der Waals surface area (Å²) >= 11 is 0. The molecule has 3 rings (SSSR count). The van der Waals surface area contributed by atoms with Gasteiger partial charge >= 0.3 is 0 Å². The molecule has 1 heteroatoms. The van der Waals surface area contributed by atoms with Crippen LogP contribution in [-0.4, -0.2) is 13.2 Å². The van der Waals surface area contributed by atoms with Gasteiger partial charge < -0.3 is 4.74 Å². The highest BCUT2D eigenvalue weighted by Crippen LogP contribution is 2.31. The van der Waals surface area contributed by atoms with Crippen molar-refractivity contribution in [3.8, 4) is 0 Å². The first kappa shape index (κ1) is 9.41. The van der Waals surface area contributed by atoms with Crippen LogP contribution < -0.4 is 0 Å². The lowest BCUT2D eigenvalue weighted by molar-refractivity contribution is 0.194. The smallest absolute Gasteiger partial charge is 0.0535 e. The molecule has 80 valence electrons. The van der Waals surface area contributed by atoms with E-state index in [2.05, 4.69) is 25.1 Å². The minimum Gasteiger partial charge on any atom is -0.381 e. The molecule has 2 atom stereocenters. The minimum atomic E-state index is 0.659. The Morgan fingerprint density at radius 2 is 2.07 bits per heavy atom. The van der Waals surface area contributed by atoms with Gasteiger partial charge in [-0.3, -0.25) is 0 Å². The predicted octanol–water partition coefficient (Wildman–Crippen LogP) is 2.93. The third kappa shape index (κ3) is 1.69. The van der Waals surface area contributed by atoms with Gasteiger partial charge in [-0.1, -0.05) is 25.1 Å². The fourth-order valence-electron chi connectivity index (χ4n) is 2.91. The molecule has 1 fully saturated rings. The summed E-state index contributed by atoms with van der Waals surface area (Å²) in [6, 6.07) is 7.08. The maximum atomic E-state index is 5.45. The average molecular weight is 202 g/mol. The lowest BCUT2D eigenvalue weighted by atomic mass is 9.95. The van der Waals surface area contributed by atoms with Gasteiger partial charge in [0.1, 0.15) is 0 Å². The summed E-state index contributed by atoms with van der Waals surface area (Å²) in [7, 11) is 0. The Labute approximate surface area is 91.5 Å². The Bertz CT molecular complexity index is 364. The number of ether oxygens (including phenoxy) is 1. The number of benzene rings is 1.